The van der Waals surface area contributed by atoms with Gasteiger partial charge >= 0.3 is 5.97 Å². The Hall–Kier alpha value is -7.29. The summed E-state index contributed by atoms with van der Waals surface area (Å²) in [5.74, 6) is -8.56. The second kappa shape index (κ2) is 30.6. The lowest BCUT2D eigenvalue weighted by Gasteiger charge is -2.30. The molecule has 0 aliphatic carbocycles. The smallest absolute Gasteiger partial charge is 0.326 e. The number of aliphatic carboxylic acids is 1. The summed E-state index contributed by atoms with van der Waals surface area (Å²) >= 11 is 0. The van der Waals surface area contributed by atoms with Gasteiger partial charge in [-0.25, -0.2) is 4.79 Å². The van der Waals surface area contributed by atoms with Crippen LogP contribution in [0.15, 0.2) is 34.3 Å². The largest absolute Gasteiger partial charge is 0.508 e. The van der Waals surface area contributed by atoms with E-state index in [1.807, 2.05) is 0 Å². The number of guanidine groups is 2. The van der Waals surface area contributed by atoms with Crippen molar-refractivity contribution < 1.29 is 58.5 Å². The molecule has 0 spiro atoms. The lowest BCUT2D eigenvalue weighted by atomic mass is 10.0. The Bertz CT molecular complexity index is 2110. The van der Waals surface area contributed by atoms with Gasteiger partial charge in [0.25, 0.3) is 0 Å². The zero-order chi connectivity index (χ0) is 55.1. The Labute approximate surface area is 424 Å². The van der Waals surface area contributed by atoms with Crippen LogP contribution in [0.1, 0.15) is 92.1 Å². The normalized spacial score (nSPS) is 16.5. The minimum absolute atomic E-state index is 0.0130. The van der Waals surface area contributed by atoms with E-state index in [9.17, 15) is 58.5 Å². The molecule has 1 fully saturated rings. The van der Waals surface area contributed by atoms with Gasteiger partial charge in [-0.1, -0.05) is 39.8 Å². The van der Waals surface area contributed by atoms with Crippen molar-refractivity contribution in [3.8, 4) is 5.75 Å². The highest BCUT2D eigenvalue weighted by atomic mass is 16.4. The van der Waals surface area contributed by atoms with Crippen LogP contribution in [0, 0.1) is 11.8 Å². The van der Waals surface area contributed by atoms with Crippen molar-refractivity contribution >= 4 is 65.1 Å². The number of carbonyl (C=O) groups excluding carboxylic acids is 8. The summed E-state index contributed by atoms with van der Waals surface area (Å²) in [5, 5.41) is 47.4. The third-order valence-corrected chi connectivity index (χ3v) is 11.5. The molecule has 73 heavy (non-hydrogen) atoms. The number of nitrogens with one attached hydrogen (secondary N) is 7. The van der Waals surface area contributed by atoms with Gasteiger partial charge in [0.05, 0.1) is 18.7 Å². The van der Waals surface area contributed by atoms with E-state index in [1.165, 1.54) is 30.9 Å². The van der Waals surface area contributed by atoms with Crippen LogP contribution in [-0.4, -0.2) is 166 Å². The van der Waals surface area contributed by atoms with Gasteiger partial charge in [-0.05, 0) is 88.3 Å². The van der Waals surface area contributed by atoms with Crippen molar-refractivity contribution in [2.75, 3.05) is 26.2 Å². The summed E-state index contributed by atoms with van der Waals surface area (Å²) in [6.45, 7) is 8.97. The summed E-state index contributed by atoms with van der Waals surface area (Å²) in [5.41, 5.74) is 28.4. The lowest BCUT2D eigenvalue weighted by molar-refractivity contribution is -0.142. The summed E-state index contributed by atoms with van der Waals surface area (Å²) in [7, 11) is 0. The highest BCUT2D eigenvalue weighted by Gasteiger charge is 2.39. The number of carbonyl (C=O) groups is 9. The molecule has 0 radical (unpaired) electrons. The Morgan fingerprint density at radius 3 is 1.81 bits per heavy atom. The van der Waals surface area contributed by atoms with Crippen LogP contribution < -0.4 is 65.9 Å². The number of phenols is 1. The number of carboxylic acid groups (broad SMARTS) is 1. The molecule has 1 aromatic carbocycles. The van der Waals surface area contributed by atoms with Crippen LogP contribution in [0.4, 0.5) is 0 Å². The molecule has 9 atom stereocenters. The van der Waals surface area contributed by atoms with Gasteiger partial charge in [0, 0.05) is 26.1 Å². The monoisotopic (exact) mass is 1030 g/mol. The first kappa shape index (κ1) is 61.8. The van der Waals surface area contributed by atoms with Crippen LogP contribution in [0.3, 0.4) is 0 Å². The van der Waals surface area contributed by atoms with Gasteiger partial charge in [-0.15, -0.1) is 0 Å². The van der Waals surface area contributed by atoms with Gasteiger partial charge in [0.15, 0.2) is 11.9 Å². The molecule has 1 aliphatic heterocycles. The number of amides is 8. The van der Waals surface area contributed by atoms with Crippen molar-refractivity contribution in [2.45, 2.75) is 147 Å². The zero-order valence-electron chi connectivity index (χ0n) is 42.4. The van der Waals surface area contributed by atoms with E-state index in [1.54, 1.807) is 39.8 Å². The molecule has 8 amide bonds. The fourth-order valence-electron chi connectivity index (χ4n) is 7.59. The number of nitrogens with zero attached hydrogens (tertiary/aromatic N) is 3. The number of nitrogens with two attached hydrogens (primary N) is 5. The number of likely N-dealkylation sites (tertiary alicyclic amines) is 1. The molecule has 27 heteroatoms. The second-order valence-corrected chi connectivity index (χ2v) is 18.7. The summed E-state index contributed by atoms with van der Waals surface area (Å²) < 4.78 is 0. The Balaban J connectivity index is 2.21. The Kier molecular flexibility index (Phi) is 25.9. The zero-order valence-corrected chi connectivity index (χ0v) is 42.4. The lowest BCUT2D eigenvalue weighted by Crippen LogP contribution is -2.61. The fraction of sp³-hybridized carbons (Fsp3) is 0.630. The van der Waals surface area contributed by atoms with Crippen molar-refractivity contribution in [1.82, 2.24) is 42.1 Å². The number of benzene rings is 1. The number of phenolic OH excluding ortho intramolecular Hbond substituents is 1. The molecule has 27 nitrogen and oxygen atoms in total. The maximum absolute atomic E-state index is 14.3. The topological polar surface area (TPSA) is 457 Å². The maximum Gasteiger partial charge on any atom is 0.326 e. The average molecular weight is 1030 g/mol. The molecule has 408 valence electrons. The second-order valence-electron chi connectivity index (χ2n) is 18.7. The minimum atomic E-state index is -1.63. The predicted molar refractivity (Wildman–Crippen MR) is 268 cm³/mol. The van der Waals surface area contributed by atoms with Crippen molar-refractivity contribution in [3.05, 3.63) is 29.8 Å². The molecule has 20 N–H and O–H groups in total. The average Bonchev–Trinajstić information content (AvgIpc) is 3.81. The minimum Gasteiger partial charge on any atom is -0.508 e. The first-order valence-corrected chi connectivity index (χ1v) is 24.2. The molecule has 1 aromatic rings. The first-order chi connectivity index (χ1) is 34.2. The van der Waals surface area contributed by atoms with Gasteiger partial charge in [0.1, 0.15) is 48.0 Å². The molecule has 1 heterocycles. The van der Waals surface area contributed by atoms with E-state index >= 15 is 0 Å². The highest BCUT2D eigenvalue weighted by molar-refractivity contribution is 5.98. The van der Waals surface area contributed by atoms with E-state index in [0.29, 0.717) is 18.4 Å². The molecule has 0 saturated carbocycles. The van der Waals surface area contributed by atoms with E-state index in [4.69, 9.17) is 28.7 Å². The number of rotatable bonds is 30. The molecule has 1 saturated heterocycles. The molecule has 0 bridgehead atoms. The standard InChI is InChI=1S/C46H77N15O12/c1-23(2)20-32(44(72)73)58-37(65)25(5)55-41(69)35(24(3)4)60-42(70)36(26(6)62)59-34(64)22-54-40(68)33-12-9-19-61(33)43(71)30(11-8-18-53-46(50)51)56-39(67)31(21-27-13-15-28(63)16-14-27)57-38(66)29(47)10-7-17-52-45(48)49/h13-16,23-26,29-33,35-36,62-63H,7-12,17-22,47H2,1-6H3,(H,54,68)(H,55,69)(H,56,67)(H,57,66)(H,58,65)(H,59,64)(H,60,70)(H,72,73)(H4,48,49,52)(H4,50,51,53)/t25-,26+,29-,30-,31-,32-,33-,35-,36-/m0/s1. The van der Waals surface area contributed by atoms with Crippen LogP contribution in [0.5, 0.6) is 5.75 Å². The van der Waals surface area contributed by atoms with Crippen LogP contribution in [0.25, 0.3) is 0 Å². The molecule has 0 unspecified atom stereocenters. The SMILES string of the molecule is CC(C)C[C@H](NC(=O)[C@H](C)NC(=O)[C@@H](NC(=O)[C@@H](NC(=O)CNC(=O)[C@@H]1CCCN1C(=O)[C@H](CCCN=C(N)N)NC(=O)[C@H](Cc1ccc(O)cc1)NC(=O)[C@@H](N)CCCN=C(N)N)[C@@H](C)O)C(C)C)C(=O)O. The van der Waals surface area contributed by atoms with E-state index in [-0.39, 0.29) is 81.7 Å². The summed E-state index contributed by atoms with van der Waals surface area (Å²) in [4.78, 5) is 129. The van der Waals surface area contributed by atoms with Crippen molar-refractivity contribution in [1.29, 1.82) is 0 Å². The first-order valence-electron chi connectivity index (χ1n) is 24.2. The molecular weight excluding hydrogens is 955 g/mol. The van der Waals surface area contributed by atoms with Gasteiger partial charge in [-0.2, -0.15) is 0 Å². The summed E-state index contributed by atoms with van der Waals surface area (Å²) in [6, 6.07) is -4.14. The third kappa shape index (κ3) is 21.9. The van der Waals surface area contributed by atoms with E-state index in [2.05, 4.69) is 47.2 Å². The molecular formula is C46H77N15O12. The molecule has 2 rings (SSSR count). The van der Waals surface area contributed by atoms with E-state index in [0.717, 1.165) is 0 Å². The van der Waals surface area contributed by atoms with E-state index < -0.39 is 120 Å². The van der Waals surface area contributed by atoms with Crippen LogP contribution >= 0.6 is 0 Å². The van der Waals surface area contributed by atoms with Crippen LogP contribution in [-0.2, 0) is 49.6 Å². The van der Waals surface area contributed by atoms with Gasteiger partial charge < -0.3 is 86.1 Å². The molecule has 1 aliphatic rings. The predicted octanol–water partition coefficient (Wildman–Crippen LogP) is -4.43. The van der Waals surface area contributed by atoms with Crippen molar-refractivity contribution in [2.24, 2.45) is 50.5 Å². The Morgan fingerprint density at radius 2 is 1.26 bits per heavy atom. The highest BCUT2D eigenvalue weighted by Crippen LogP contribution is 2.21. The Morgan fingerprint density at radius 1 is 0.699 bits per heavy atom. The fourth-order valence-corrected chi connectivity index (χ4v) is 7.59. The maximum atomic E-state index is 14.3. The van der Waals surface area contributed by atoms with Crippen molar-refractivity contribution in [3.63, 3.8) is 0 Å². The number of aliphatic imine (C=N–C) groups is 2. The number of aromatic hydroxyl groups is 1. The molecule has 0 aromatic heterocycles. The number of carboxylic acids is 1. The number of aliphatic hydroxyl groups is 1. The van der Waals surface area contributed by atoms with Gasteiger partial charge in [0.2, 0.25) is 47.3 Å². The van der Waals surface area contributed by atoms with Gasteiger partial charge in [-0.3, -0.25) is 48.3 Å². The third-order valence-electron chi connectivity index (χ3n) is 11.5. The number of hydrogen-bond acceptors (Lipinski definition) is 14. The number of aliphatic hydroxyl groups excluding tert-OH is 1. The number of hydrogen-bond donors (Lipinski definition) is 15. The summed E-state index contributed by atoms with van der Waals surface area (Å²) in [6.07, 6.45) is -0.205. The quantitative estimate of drug-likeness (QED) is 0.0196. The van der Waals surface area contributed by atoms with Crippen LogP contribution in [0.2, 0.25) is 0 Å².